The van der Waals surface area contributed by atoms with E-state index in [1.807, 2.05) is 24.4 Å². The molecule has 0 aliphatic rings. The average molecular weight is 481 g/mol. The molecule has 0 radical (unpaired) electrons. The molecule has 2 rings (SSSR count). The molecule has 1 heterocycles. The van der Waals surface area contributed by atoms with Gasteiger partial charge in [-0.25, -0.2) is 0 Å². The first-order chi connectivity index (χ1) is 16.2. The van der Waals surface area contributed by atoms with Gasteiger partial charge in [0.05, 0.1) is 6.61 Å². The molecule has 1 aromatic carbocycles. The molecule has 0 unspecified atom stereocenters. The van der Waals surface area contributed by atoms with Crippen molar-refractivity contribution in [2.45, 2.75) is 122 Å². The van der Waals surface area contributed by atoms with Crippen molar-refractivity contribution in [3.63, 3.8) is 0 Å². The fraction of sp³-hybridized carbons (Fsp3) is 0.690. The second kappa shape index (κ2) is 20.4. The maximum atomic E-state index is 12.2. The minimum absolute atomic E-state index is 0. The number of aromatic amines is 1. The molecule has 1 aromatic heterocycles. The van der Waals surface area contributed by atoms with Crippen LogP contribution in [0.4, 0.5) is 0 Å². The summed E-state index contributed by atoms with van der Waals surface area (Å²) in [6.45, 7) is 2.77. The Hall–Kier alpha value is -0.810. The van der Waals surface area contributed by atoms with Gasteiger partial charge in [-0.3, -0.25) is 4.79 Å². The van der Waals surface area contributed by atoms with Crippen LogP contribution in [0.2, 0.25) is 0 Å². The quantitative estimate of drug-likeness (QED) is 0.120. The molecular formula is C29H49N2NaO2. The third-order valence-electron chi connectivity index (χ3n) is 6.66. The van der Waals surface area contributed by atoms with Gasteiger partial charge in [0.25, 0.3) is 0 Å². The van der Waals surface area contributed by atoms with E-state index in [0.29, 0.717) is 13.0 Å². The van der Waals surface area contributed by atoms with E-state index in [-0.39, 0.29) is 35.5 Å². The molecular weight excluding hydrogens is 431 g/mol. The predicted octanol–water partition coefficient (Wildman–Crippen LogP) is 7.19. The molecule has 188 valence electrons. The van der Waals surface area contributed by atoms with Gasteiger partial charge < -0.3 is 15.5 Å². The van der Waals surface area contributed by atoms with Gasteiger partial charge >= 0.3 is 35.5 Å². The van der Waals surface area contributed by atoms with Crippen LogP contribution in [0, 0.1) is 0 Å². The third kappa shape index (κ3) is 13.3. The standard InChI is InChI=1S/C29H48N2O2.Na.H/c1-2-3-4-5-6-7-8-9-10-11-12-13-14-15-16-19-22-33-29(32)27(30)23-25-24-31-28-21-18-17-20-26(25)28;;/h17-18,20-21,24,27,31H,2-16,19,22-23,30H2,1H3;;/t27-;;/m0../s1. The molecule has 0 spiro atoms. The molecule has 0 fully saturated rings. The number of ether oxygens (including phenoxy) is 1. The van der Waals surface area contributed by atoms with E-state index in [9.17, 15) is 4.79 Å². The normalized spacial score (nSPS) is 11.9. The number of hydrogen-bond acceptors (Lipinski definition) is 3. The van der Waals surface area contributed by atoms with Gasteiger partial charge in [0, 0.05) is 23.5 Å². The van der Waals surface area contributed by atoms with E-state index >= 15 is 0 Å². The van der Waals surface area contributed by atoms with E-state index in [0.717, 1.165) is 29.3 Å². The van der Waals surface area contributed by atoms with Crippen molar-refractivity contribution >= 4 is 46.4 Å². The van der Waals surface area contributed by atoms with Crippen LogP contribution in [0.5, 0.6) is 0 Å². The van der Waals surface area contributed by atoms with Crippen LogP contribution in [0.3, 0.4) is 0 Å². The number of esters is 1. The molecule has 0 saturated heterocycles. The van der Waals surface area contributed by atoms with Crippen LogP contribution in [-0.4, -0.2) is 53.2 Å². The van der Waals surface area contributed by atoms with Crippen molar-refractivity contribution in [1.82, 2.24) is 4.98 Å². The Morgan fingerprint density at radius 1 is 0.824 bits per heavy atom. The molecule has 3 N–H and O–H groups in total. The summed E-state index contributed by atoms with van der Waals surface area (Å²) in [6.07, 6.45) is 23.9. The van der Waals surface area contributed by atoms with Crippen LogP contribution < -0.4 is 5.73 Å². The van der Waals surface area contributed by atoms with Crippen LogP contribution in [0.25, 0.3) is 10.9 Å². The summed E-state index contributed by atoms with van der Waals surface area (Å²) in [6, 6.07) is 7.47. The summed E-state index contributed by atoms with van der Waals surface area (Å²) < 4.78 is 5.41. The van der Waals surface area contributed by atoms with Crippen LogP contribution in [-0.2, 0) is 16.0 Å². The number of unbranched alkanes of at least 4 members (excludes halogenated alkanes) is 15. The summed E-state index contributed by atoms with van der Waals surface area (Å²) >= 11 is 0. The van der Waals surface area contributed by atoms with Crippen molar-refractivity contribution in [1.29, 1.82) is 0 Å². The van der Waals surface area contributed by atoms with Gasteiger partial charge in [-0.05, 0) is 18.1 Å². The molecule has 0 aliphatic carbocycles. The van der Waals surface area contributed by atoms with Crippen molar-refractivity contribution < 1.29 is 9.53 Å². The van der Waals surface area contributed by atoms with Gasteiger partial charge in [0.2, 0.25) is 0 Å². The molecule has 4 nitrogen and oxygen atoms in total. The van der Waals surface area contributed by atoms with Gasteiger partial charge in [-0.15, -0.1) is 0 Å². The van der Waals surface area contributed by atoms with Crippen LogP contribution in [0.1, 0.15) is 115 Å². The molecule has 34 heavy (non-hydrogen) atoms. The Labute approximate surface area is 230 Å². The Kier molecular flexibility index (Phi) is 18.7. The first-order valence-electron chi connectivity index (χ1n) is 13.7. The molecule has 0 amide bonds. The molecule has 1 atom stereocenters. The van der Waals surface area contributed by atoms with Crippen LogP contribution >= 0.6 is 0 Å². The SMILES string of the molecule is CCCCCCCCCCCCCCCCCCOC(=O)[C@@H](N)Cc1c[nH]c2ccccc12.[NaH]. The number of hydrogen-bond donors (Lipinski definition) is 2. The number of nitrogens with two attached hydrogens (primary N) is 1. The summed E-state index contributed by atoms with van der Waals surface area (Å²) in [4.78, 5) is 15.4. The Morgan fingerprint density at radius 3 is 1.88 bits per heavy atom. The zero-order chi connectivity index (χ0) is 23.6. The van der Waals surface area contributed by atoms with Gasteiger partial charge in [-0.1, -0.05) is 121 Å². The van der Waals surface area contributed by atoms with Crippen LogP contribution in [0.15, 0.2) is 30.5 Å². The maximum absolute atomic E-state index is 12.2. The molecule has 0 bridgehead atoms. The number of nitrogens with one attached hydrogen (secondary N) is 1. The van der Waals surface area contributed by atoms with E-state index in [1.165, 1.54) is 89.9 Å². The van der Waals surface area contributed by atoms with E-state index in [4.69, 9.17) is 10.5 Å². The zero-order valence-corrected chi connectivity index (χ0v) is 21.1. The second-order valence-electron chi connectivity index (χ2n) is 9.64. The van der Waals surface area contributed by atoms with E-state index < -0.39 is 6.04 Å². The summed E-state index contributed by atoms with van der Waals surface area (Å²) in [5.41, 5.74) is 8.22. The van der Waals surface area contributed by atoms with Gasteiger partial charge in [0.15, 0.2) is 0 Å². The second-order valence-corrected chi connectivity index (χ2v) is 9.64. The average Bonchev–Trinajstić information content (AvgIpc) is 3.23. The summed E-state index contributed by atoms with van der Waals surface area (Å²) in [5.74, 6) is -0.291. The number of carbonyl (C=O) groups is 1. The Morgan fingerprint density at radius 2 is 1.32 bits per heavy atom. The minimum atomic E-state index is -0.606. The van der Waals surface area contributed by atoms with Gasteiger partial charge in [0.1, 0.15) is 6.04 Å². The third-order valence-corrected chi connectivity index (χ3v) is 6.66. The first kappa shape index (κ1) is 31.2. The molecule has 0 saturated carbocycles. The van der Waals surface area contributed by atoms with E-state index in [2.05, 4.69) is 18.0 Å². The van der Waals surface area contributed by atoms with Crippen molar-refractivity contribution in [3.05, 3.63) is 36.0 Å². The predicted molar refractivity (Wildman–Crippen MR) is 148 cm³/mol. The molecule has 2 aromatic rings. The fourth-order valence-corrected chi connectivity index (χ4v) is 4.55. The van der Waals surface area contributed by atoms with Crippen molar-refractivity contribution in [2.75, 3.05) is 6.61 Å². The number of aromatic nitrogens is 1. The number of H-pyrrole nitrogens is 1. The number of fused-ring (bicyclic) bond motifs is 1. The number of benzene rings is 1. The van der Waals surface area contributed by atoms with Crippen molar-refractivity contribution in [3.8, 4) is 0 Å². The Balaban J connectivity index is 0.00000578. The Bertz CT molecular complexity index is 761. The first-order valence-corrected chi connectivity index (χ1v) is 13.7. The van der Waals surface area contributed by atoms with Gasteiger partial charge in [-0.2, -0.15) is 0 Å². The topological polar surface area (TPSA) is 68.1 Å². The number of carbonyl (C=O) groups excluding carboxylic acids is 1. The fourth-order valence-electron chi connectivity index (χ4n) is 4.55. The van der Waals surface area contributed by atoms with Crippen molar-refractivity contribution in [2.24, 2.45) is 5.73 Å². The number of rotatable bonds is 20. The summed E-state index contributed by atoms with van der Waals surface area (Å²) in [7, 11) is 0. The monoisotopic (exact) mass is 480 g/mol. The summed E-state index contributed by atoms with van der Waals surface area (Å²) in [5, 5.41) is 1.12. The molecule has 5 heteroatoms. The van der Waals surface area contributed by atoms with E-state index in [1.54, 1.807) is 0 Å². The molecule has 0 aliphatic heterocycles. The number of para-hydroxylation sites is 1. The zero-order valence-electron chi connectivity index (χ0n) is 21.1.